The summed E-state index contributed by atoms with van der Waals surface area (Å²) in [6.45, 7) is 2.59. The van der Waals surface area contributed by atoms with Gasteiger partial charge in [0.15, 0.2) is 11.6 Å². The lowest BCUT2D eigenvalue weighted by atomic mass is 9.90. The van der Waals surface area contributed by atoms with Crippen molar-refractivity contribution >= 4 is 63.0 Å². The highest BCUT2D eigenvalue weighted by Crippen LogP contribution is 2.38. The van der Waals surface area contributed by atoms with Crippen LogP contribution in [0.15, 0.2) is 52.1 Å². The average molecular weight is 558 g/mol. The van der Waals surface area contributed by atoms with Crippen molar-refractivity contribution in [3.8, 4) is 11.5 Å². The molecule has 7 nitrogen and oxygen atoms in total. The van der Waals surface area contributed by atoms with Gasteiger partial charge >= 0.3 is 0 Å². The standard InChI is InChI=1S/C27H26Cl2N4O3S/c1-16-7-9-19(10-8-16)35-11-12-36-23-21(28)14-17(15-22(23)29)13-20-24(30)33-27(31-25(20)34)37-26(32-33)18-5-3-2-4-6-18/h7-10,13-15,18,30H,2-6,11-12H2,1H3/b20-13-,30-24?. The maximum Gasteiger partial charge on any atom is 0.283 e. The zero-order valence-electron chi connectivity index (χ0n) is 20.3. The van der Waals surface area contributed by atoms with Crippen LogP contribution >= 0.6 is 35.0 Å². The van der Waals surface area contributed by atoms with Crippen LogP contribution in [0.3, 0.4) is 0 Å². The van der Waals surface area contributed by atoms with Gasteiger partial charge in [0, 0.05) is 5.92 Å². The molecule has 0 atom stereocenters. The van der Waals surface area contributed by atoms with Gasteiger partial charge in [-0.15, -0.1) is 0 Å². The molecule has 0 aromatic heterocycles. The third-order valence-corrected chi connectivity index (χ3v) is 8.01. The molecule has 0 radical (unpaired) electrons. The van der Waals surface area contributed by atoms with Gasteiger partial charge in [0.2, 0.25) is 5.17 Å². The van der Waals surface area contributed by atoms with Crippen molar-refractivity contribution < 1.29 is 14.3 Å². The van der Waals surface area contributed by atoms with E-state index in [0.717, 1.165) is 29.2 Å². The first-order valence-electron chi connectivity index (χ1n) is 12.2. The molecule has 1 saturated carbocycles. The monoisotopic (exact) mass is 556 g/mol. The molecule has 1 fully saturated rings. The van der Waals surface area contributed by atoms with Crippen LogP contribution in [-0.4, -0.2) is 40.2 Å². The van der Waals surface area contributed by atoms with Crippen molar-refractivity contribution in [2.75, 3.05) is 13.2 Å². The summed E-state index contributed by atoms with van der Waals surface area (Å²) in [4.78, 5) is 17.0. The largest absolute Gasteiger partial charge is 0.490 e. The number of thioether (sulfide) groups is 1. The number of halogens is 2. The molecule has 2 aliphatic heterocycles. The fourth-order valence-electron chi connectivity index (χ4n) is 4.43. The lowest BCUT2D eigenvalue weighted by Crippen LogP contribution is -2.35. The first kappa shape index (κ1) is 25.8. The van der Waals surface area contributed by atoms with Crippen LogP contribution < -0.4 is 9.47 Å². The summed E-state index contributed by atoms with van der Waals surface area (Å²) in [5, 5.41) is 16.7. The Balaban J connectivity index is 1.26. The molecular formula is C27H26Cl2N4O3S. The summed E-state index contributed by atoms with van der Waals surface area (Å²) in [5.74, 6) is 0.972. The van der Waals surface area contributed by atoms with Crippen molar-refractivity contribution in [2.24, 2.45) is 16.0 Å². The number of carbonyl (C=O) groups is 1. The number of aryl methyl sites for hydroxylation is 1. The summed E-state index contributed by atoms with van der Waals surface area (Å²) >= 11 is 14.3. The molecule has 3 aliphatic rings. The summed E-state index contributed by atoms with van der Waals surface area (Å²) in [5.41, 5.74) is 1.85. The molecule has 2 heterocycles. The van der Waals surface area contributed by atoms with Crippen molar-refractivity contribution in [3.63, 3.8) is 0 Å². The highest BCUT2D eigenvalue weighted by atomic mass is 35.5. The van der Waals surface area contributed by atoms with Crippen LogP contribution in [0.1, 0.15) is 43.2 Å². The van der Waals surface area contributed by atoms with Crippen molar-refractivity contribution in [1.82, 2.24) is 5.01 Å². The number of nitrogens with one attached hydrogen (secondary N) is 1. The lowest BCUT2D eigenvalue weighted by molar-refractivity contribution is -0.114. The molecule has 0 spiro atoms. The maximum absolute atomic E-state index is 12.8. The number of amides is 1. The first-order valence-corrected chi connectivity index (χ1v) is 13.8. The Bertz CT molecular complexity index is 1290. The Morgan fingerprint density at radius 3 is 2.46 bits per heavy atom. The lowest BCUT2D eigenvalue weighted by Gasteiger charge is -2.20. The van der Waals surface area contributed by atoms with Crippen LogP contribution in [0.25, 0.3) is 6.08 Å². The normalized spacial score (nSPS) is 19.1. The third-order valence-electron chi connectivity index (χ3n) is 6.38. The zero-order chi connectivity index (χ0) is 25.9. The van der Waals surface area contributed by atoms with Gasteiger partial charge in [-0.05, 0) is 67.4 Å². The predicted octanol–water partition coefficient (Wildman–Crippen LogP) is 6.96. The molecule has 1 amide bonds. The fraction of sp³-hybridized carbons (Fsp3) is 0.333. The molecule has 0 bridgehead atoms. The van der Waals surface area contributed by atoms with Gasteiger partial charge in [-0.1, -0.05) is 60.2 Å². The number of amidine groups is 2. The number of rotatable bonds is 7. The molecule has 2 aromatic carbocycles. The number of hydrogen-bond donors (Lipinski definition) is 1. The number of benzene rings is 2. The van der Waals surface area contributed by atoms with E-state index in [1.807, 2.05) is 31.2 Å². The van der Waals surface area contributed by atoms with E-state index < -0.39 is 5.91 Å². The summed E-state index contributed by atoms with van der Waals surface area (Å²) in [7, 11) is 0. The summed E-state index contributed by atoms with van der Waals surface area (Å²) in [6, 6.07) is 11.0. The molecule has 1 aliphatic carbocycles. The zero-order valence-corrected chi connectivity index (χ0v) is 22.6. The minimum absolute atomic E-state index is 0.00543. The van der Waals surface area contributed by atoms with Gasteiger partial charge < -0.3 is 9.47 Å². The molecule has 1 N–H and O–H groups in total. The van der Waals surface area contributed by atoms with E-state index in [1.54, 1.807) is 18.2 Å². The fourth-order valence-corrected chi connectivity index (χ4v) is 6.10. The van der Waals surface area contributed by atoms with Crippen molar-refractivity contribution in [3.05, 3.63) is 63.1 Å². The minimum Gasteiger partial charge on any atom is -0.490 e. The predicted molar refractivity (Wildman–Crippen MR) is 150 cm³/mol. The molecule has 2 aromatic rings. The Labute approximate surface area is 230 Å². The molecule has 192 valence electrons. The van der Waals surface area contributed by atoms with E-state index in [9.17, 15) is 4.79 Å². The smallest absolute Gasteiger partial charge is 0.283 e. The van der Waals surface area contributed by atoms with Crippen LogP contribution in [0.4, 0.5) is 0 Å². The van der Waals surface area contributed by atoms with Crippen LogP contribution in [0.5, 0.6) is 11.5 Å². The molecular weight excluding hydrogens is 531 g/mol. The van der Waals surface area contributed by atoms with Crippen LogP contribution in [0, 0.1) is 18.3 Å². The third kappa shape index (κ3) is 5.87. The van der Waals surface area contributed by atoms with Gasteiger partial charge in [-0.3, -0.25) is 10.2 Å². The van der Waals surface area contributed by atoms with E-state index >= 15 is 0 Å². The summed E-state index contributed by atoms with van der Waals surface area (Å²) in [6.07, 6.45) is 7.33. The van der Waals surface area contributed by atoms with Crippen LogP contribution in [0.2, 0.25) is 10.0 Å². The molecule has 0 unspecified atom stereocenters. The van der Waals surface area contributed by atoms with E-state index in [2.05, 4.69) is 10.1 Å². The minimum atomic E-state index is -0.482. The second-order valence-corrected chi connectivity index (χ2v) is 10.9. The number of fused-ring (bicyclic) bond motifs is 1. The number of hydrogen-bond acceptors (Lipinski definition) is 6. The average Bonchev–Trinajstić information content (AvgIpc) is 3.31. The highest BCUT2D eigenvalue weighted by Gasteiger charge is 2.38. The van der Waals surface area contributed by atoms with Crippen molar-refractivity contribution in [2.45, 2.75) is 39.0 Å². The second-order valence-electron chi connectivity index (χ2n) is 9.12. The Kier molecular flexibility index (Phi) is 7.88. The van der Waals surface area contributed by atoms with Gasteiger partial charge in [0.05, 0.1) is 15.6 Å². The van der Waals surface area contributed by atoms with Gasteiger partial charge in [-0.2, -0.15) is 15.1 Å². The number of hydrazone groups is 1. The Morgan fingerprint density at radius 2 is 1.76 bits per heavy atom. The maximum atomic E-state index is 12.8. The quantitative estimate of drug-likeness (QED) is 0.294. The Morgan fingerprint density at radius 1 is 1.08 bits per heavy atom. The topological polar surface area (TPSA) is 87.3 Å². The molecule has 10 heteroatoms. The number of aliphatic imine (C=N–C) groups is 1. The Hall–Kier alpha value is -2.81. The van der Waals surface area contributed by atoms with Crippen molar-refractivity contribution in [1.29, 1.82) is 5.41 Å². The first-order chi connectivity index (χ1) is 17.9. The molecule has 37 heavy (non-hydrogen) atoms. The van der Waals surface area contributed by atoms with E-state index in [4.69, 9.17) is 38.1 Å². The highest BCUT2D eigenvalue weighted by molar-refractivity contribution is 8.27. The number of ether oxygens (including phenoxy) is 2. The second kappa shape index (κ2) is 11.3. The number of carbonyl (C=O) groups excluding carboxylic acids is 1. The SMILES string of the molecule is Cc1ccc(OCCOc2c(Cl)cc(/C=C3/C(=N)N4N=C(C5CCCCC5)SC4=NC3=O)cc2Cl)cc1. The van der Waals surface area contributed by atoms with E-state index in [1.165, 1.54) is 36.0 Å². The van der Waals surface area contributed by atoms with Gasteiger partial charge in [-0.25, -0.2) is 0 Å². The van der Waals surface area contributed by atoms with Crippen LogP contribution in [-0.2, 0) is 4.79 Å². The molecule has 5 rings (SSSR count). The van der Waals surface area contributed by atoms with E-state index in [0.29, 0.717) is 39.1 Å². The number of nitrogens with zero attached hydrogens (tertiary/aromatic N) is 3. The summed E-state index contributed by atoms with van der Waals surface area (Å²) < 4.78 is 11.4. The van der Waals surface area contributed by atoms with E-state index in [-0.39, 0.29) is 18.0 Å². The molecule has 0 saturated heterocycles. The van der Waals surface area contributed by atoms with Gasteiger partial charge in [0.1, 0.15) is 24.0 Å². The van der Waals surface area contributed by atoms with Gasteiger partial charge in [0.25, 0.3) is 5.91 Å².